The number of pyridine rings is 2. The van der Waals surface area contributed by atoms with E-state index in [9.17, 15) is 4.79 Å². The van der Waals surface area contributed by atoms with Crippen LogP contribution in [0.1, 0.15) is 11.4 Å². The molecule has 0 spiro atoms. The molecule has 0 aliphatic heterocycles. The van der Waals surface area contributed by atoms with Gasteiger partial charge in [0.05, 0.1) is 24.5 Å². The molecule has 0 aromatic carbocycles. The molecule has 2 aromatic heterocycles. The second-order valence-corrected chi connectivity index (χ2v) is 4.39. The zero-order valence-corrected chi connectivity index (χ0v) is 11.2. The van der Waals surface area contributed by atoms with Crippen molar-refractivity contribution in [3.63, 3.8) is 0 Å². The van der Waals surface area contributed by atoms with Crippen LogP contribution in [0.2, 0.25) is 0 Å². The smallest absolute Gasteiger partial charge is 0.160 e. The summed E-state index contributed by atoms with van der Waals surface area (Å²) in [5, 5.41) is 6.16. The summed E-state index contributed by atoms with van der Waals surface area (Å²) in [4.78, 5) is 20.0. The Hall–Kier alpha value is -2.11. The Morgan fingerprint density at radius 3 is 1.75 bits per heavy atom. The number of Topliss-reactive ketones (excluding diaryl/α,β-unsaturated/α-hetero) is 1. The fourth-order valence-corrected chi connectivity index (χ4v) is 1.73. The van der Waals surface area contributed by atoms with Crippen molar-refractivity contribution in [2.24, 2.45) is 0 Å². The predicted molar refractivity (Wildman–Crippen MR) is 76.9 cm³/mol. The highest BCUT2D eigenvalue weighted by atomic mass is 16.1. The number of nitrogens with zero attached hydrogens (tertiary/aromatic N) is 2. The minimum atomic E-state index is 0.122. The Labute approximate surface area is 118 Å². The lowest BCUT2D eigenvalue weighted by atomic mass is 10.3. The quantitative estimate of drug-likeness (QED) is 0.747. The standard InChI is InChI=1S/C15H18N4O/c20-15(11-16-9-13-5-1-3-7-18-13)12-17-10-14-6-2-4-8-19-14/h1-8,16-17H,9-12H2. The molecule has 20 heavy (non-hydrogen) atoms. The minimum Gasteiger partial charge on any atom is -0.304 e. The summed E-state index contributed by atoms with van der Waals surface area (Å²) in [6, 6.07) is 11.5. The molecule has 2 aromatic rings. The van der Waals surface area contributed by atoms with Crippen LogP contribution in [0.25, 0.3) is 0 Å². The van der Waals surface area contributed by atoms with Crippen LogP contribution in [0.4, 0.5) is 0 Å². The van der Waals surface area contributed by atoms with E-state index in [1.165, 1.54) is 0 Å². The lowest BCUT2D eigenvalue weighted by Crippen LogP contribution is -2.31. The van der Waals surface area contributed by atoms with Gasteiger partial charge in [0.2, 0.25) is 0 Å². The molecule has 0 unspecified atom stereocenters. The van der Waals surface area contributed by atoms with Crippen molar-refractivity contribution in [1.29, 1.82) is 0 Å². The van der Waals surface area contributed by atoms with Gasteiger partial charge in [0, 0.05) is 25.5 Å². The van der Waals surface area contributed by atoms with Gasteiger partial charge in [-0.3, -0.25) is 14.8 Å². The number of hydrogen-bond donors (Lipinski definition) is 2. The van der Waals surface area contributed by atoms with Crippen molar-refractivity contribution in [1.82, 2.24) is 20.6 Å². The van der Waals surface area contributed by atoms with Crippen LogP contribution in [0.5, 0.6) is 0 Å². The minimum absolute atomic E-state index is 0.122. The molecule has 0 fully saturated rings. The van der Waals surface area contributed by atoms with Gasteiger partial charge in [0.1, 0.15) is 0 Å². The van der Waals surface area contributed by atoms with Crippen molar-refractivity contribution in [2.75, 3.05) is 13.1 Å². The van der Waals surface area contributed by atoms with Gasteiger partial charge < -0.3 is 10.6 Å². The lowest BCUT2D eigenvalue weighted by molar-refractivity contribution is -0.117. The largest absolute Gasteiger partial charge is 0.304 e. The fraction of sp³-hybridized carbons (Fsp3) is 0.267. The van der Waals surface area contributed by atoms with E-state index in [1.54, 1.807) is 12.4 Å². The van der Waals surface area contributed by atoms with E-state index in [-0.39, 0.29) is 5.78 Å². The highest BCUT2D eigenvalue weighted by Crippen LogP contribution is 1.92. The Kier molecular flexibility index (Phi) is 5.82. The number of nitrogens with one attached hydrogen (secondary N) is 2. The molecular formula is C15H18N4O. The average molecular weight is 270 g/mol. The third kappa shape index (κ3) is 5.26. The number of carbonyl (C=O) groups excluding carboxylic acids is 1. The third-order valence-electron chi connectivity index (χ3n) is 2.71. The van der Waals surface area contributed by atoms with Crippen molar-refractivity contribution in [2.45, 2.75) is 13.1 Å². The summed E-state index contributed by atoms with van der Waals surface area (Å²) in [7, 11) is 0. The number of aromatic nitrogens is 2. The fourth-order valence-electron chi connectivity index (χ4n) is 1.73. The molecule has 0 atom stereocenters. The van der Waals surface area contributed by atoms with Crippen LogP contribution < -0.4 is 10.6 Å². The van der Waals surface area contributed by atoms with Crippen molar-refractivity contribution >= 4 is 5.78 Å². The van der Waals surface area contributed by atoms with Crippen molar-refractivity contribution < 1.29 is 4.79 Å². The van der Waals surface area contributed by atoms with Crippen LogP contribution in [-0.4, -0.2) is 28.8 Å². The molecular weight excluding hydrogens is 252 g/mol. The normalized spacial score (nSPS) is 10.4. The maximum Gasteiger partial charge on any atom is 0.160 e. The summed E-state index contributed by atoms with van der Waals surface area (Å²) >= 11 is 0. The first kappa shape index (κ1) is 14.3. The number of hydrogen-bond acceptors (Lipinski definition) is 5. The van der Waals surface area contributed by atoms with Gasteiger partial charge in [-0.15, -0.1) is 0 Å². The summed E-state index contributed by atoms with van der Waals surface area (Å²) in [5.74, 6) is 0.122. The summed E-state index contributed by atoms with van der Waals surface area (Å²) in [5.41, 5.74) is 1.86. The van der Waals surface area contributed by atoms with E-state index in [0.29, 0.717) is 26.2 Å². The monoisotopic (exact) mass is 270 g/mol. The Morgan fingerprint density at radius 2 is 1.35 bits per heavy atom. The Bertz CT molecular complexity index is 468. The van der Waals surface area contributed by atoms with E-state index >= 15 is 0 Å². The van der Waals surface area contributed by atoms with Crippen LogP contribution in [0.15, 0.2) is 48.8 Å². The first-order valence-corrected chi connectivity index (χ1v) is 6.57. The van der Waals surface area contributed by atoms with Gasteiger partial charge in [-0.1, -0.05) is 12.1 Å². The second kappa shape index (κ2) is 8.14. The molecule has 0 aliphatic carbocycles. The maximum absolute atomic E-state index is 11.7. The van der Waals surface area contributed by atoms with E-state index < -0.39 is 0 Å². The van der Waals surface area contributed by atoms with Gasteiger partial charge in [0.15, 0.2) is 5.78 Å². The van der Waals surface area contributed by atoms with Gasteiger partial charge in [-0.25, -0.2) is 0 Å². The summed E-state index contributed by atoms with van der Waals surface area (Å²) in [6.07, 6.45) is 3.49. The zero-order valence-electron chi connectivity index (χ0n) is 11.2. The predicted octanol–water partition coefficient (Wildman–Crippen LogP) is 0.925. The summed E-state index contributed by atoms with van der Waals surface area (Å²) in [6.45, 7) is 1.89. The molecule has 0 amide bonds. The molecule has 104 valence electrons. The van der Waals surface area contributed by atoms with Gasteiger partial charge in [0.25, 0.3) is 0 Å². The van der Waals surface area contributed by atoms with Gasteiger partial charge in [-0.2, -0.15) is 0 Å². The van der Waals surface area contributed by atoms with Crippen LogP contribution in [-0.2, 0) is 17.9 Å². The third-order valence-corrected chi connectivity index (χ3v) is 2.71. The lowest BCUT2D eigenvalue weighted by Gasteiger charge is -2.05. The van der Waals surface area contributed by atoms with Crippen molar-refractivity contribution in [3.05, 3.63) is 60.2 Å². The molecule has 0 saturated heterocycles. The first-order chi connectivity index (χ1) is 9.84. The molecule has 5 heteroatoms. The molecule has 2 rings (SSSR count). The average Bonchev–Trinajstić information content (AvgIpc) is 2.49. The molecule has 2 heterocycles. The topological polar surface area (TPSA) is 66.9 Å². The number of carbonyl (C=O) groups is 1. The summed E-state index contributed by atoms with van der Waals surface area (Å²) < 4.78 is 0. The second-order valence-electron chi connectivity index (χ2n) is 4.39. The maximum atomic E-state index is 11.7. The molecule has 0 saturated carbocycles. The van der Waals surface area contributed by atoms with Crippen LogP contribution >= 0.6 is 0 Å². The van der Waals surface area contributed by atoms with Gasteiger partial charge >= 0.3 is 0 Å². The zero-order chi connectivity index (χ0) is 14.0. The van der Waals surface area contributed by atoms with Crippen molar-refractivity contribution in [3.8, 4) is 0 Å². The van der Waals surface area contributed by atoms with Gasteiger partial charge in [-0.05, 0) is 24.3 Å². The molecule has 0 radical (unpaired) electrons. The number of ketones is 1. The first-order valence-electron chi connectivity index (χ1n) is 6.57. The van der Waals surface area contributed by atoms with E-state index in [4.69, 9.17) is 0 Å². The molecule has 0 aliphatic rings. The van der Waals surface area contributed by atoms with E-state index in [0.717, 1.165) is 11.4 Å². The molecule has 0 bridgehead atoms. The van der Waals surface area contributed by atoms with Crippen LogP contribution in [0, 0.1) is 0 Å². The van der Waals surface area contributed by atoms with E-state index in [2.05, 4.69) is 20.6 Å². The molecule has 5 nitrogen and oxygen atoms in total. The Balaban J connectivity index is 1.59. The molecule has 2 N–H and O–H groups in total. The highest BCUT2D eigenvalue weighted by molar-refractivity contribution is 5.82. The highest BCUT2D eigenvalue weighted by Gasteiger charge is 2.01. The SMILES string of the molecule is O=C(CNCc1ccccn1)CNCc1ccccn1. The Morgan fingerprint density at radius 1 is 0.850 bits per heavy atom. The number of rotatable bonds is 8. The van der Waals surface area contributed by atoms with Crippen LogP contribution in [0.3, 0.4) is 0 Å². The van der Waals surface area contributed by atoms with E-state index in [1.807, 2.05) is 36.4 Å².